The van der Waals surface area contributed by atoms with Crippen molar-refractivity contribution >= 4 is 27.5 Å². The quantitative estimate of drug-likeness (QED) is 0.586. The number of sulfonamides is 1. The average molecular weight is 427 g/mol. The van der Waals surface area contributed by atoms with Crippen LogP contribution in [0.25, 0.3) is 5.69 Å². The molecule has 1 aromatic heterocycles. The van der Waals surface area contributed by atoms with Crippen LogP contribution in [0.1, 0.15) is 10.4 Å². The molecule has 1 saturated heterocycles. The fourth-order valence-corrected chi connectivity index (χ4v) is 4.42. The van der Waals surface area contributed by atoms with Gasteiger partial charge in [-0.15, -0.1) is 5.10 Å². The Morgan fingerprint density at radius 3 is 2.73 bits per heavy atom. The Balaban J connectivity index is 1.54. The van der Waals surface area contributed by atoms with Crippen LogP contribution in [0.2, 0.25) is 0 Å². The van der Waals surface area contributed by atoms with Gasteiger partial charge in [0, 0.05) is 24.3 Å². The Kier molecular flexibility index (Phi) is 5.25. The lowest BCUT2D eigenvalue weighted by atomic mass is 10.2. The second-order valence-electron chi connectivity index (χ2n) is 6.48. The molecule has 12 heteroatoms. The fraction of sp³-hybridized carbons (Fsp3) is 0.167. The number of carbonyl (C=O) groups excluding carboxylic acids is 2. The third-order valence-electron chi connectivity index (χ3n) is 4.45. The minimum Gasteiger partial charge on any atom is -0.354 e. The summed E-state index contributed by atoms with van der Waals surface area (Å²) in [5.41, 5.74) is 1.27. The van der Waals surface area contributed by atoms with Gasteiger partial charge in [0.15, 0.2) is 0 Å². The highest BCUT2D eigenvalue weighted by Gasteiger charge is 2.29. The van der Waals surface area contributed by atoms with Crippen LogP contribution in [0.3, 0.4) is 0 Å². The summed E-state index contributed by atoms with van der Waals surface area (Å²) in [6.07, 6.45) is 1.41. The van der Waals surface area contributed by atoms with Gasteiger partial charge in [-0.1, -0.05) is 12.1 Å². The lowest BCUT2D eigenvalue weighted by molar-refractivity contribution is -0.122. The Labute approximate surface area is 171 Å². The fourth-order valence-electron chi connectivity index (χ4n) is 2.98. The van der Waals surface area contributed by atoms with Crippen molar-refractivity contribution in [3.8, 4) is 5.69 Å². The lowest BCUT2D eigenvalue weighted by Crippen LogP contribution is -2.49. The van der Waals surface area contributed by atoms with E-state index in [1.807, 2.05) is 0 Å². The van der Waals surface area contributed by atoms with Gasteiger partial charge < -0.3 is 10.6 Å². The summed E-state index contributed by atoms with van der Waals surface area (Å²) in [6.45, 7) is 0.212. The molecule has 0 atom stereocenters. The summed E-state index contributed by atoms with van der Waals surface area (Å²) in [7, 11) is -3.86. The third kappa shape index (κ3) is 4.04. The molecule has 0 spiro atoms. The van der Waals surface area contributed by atoms with Gasteiger partial charge in [-0.3, -0.25) is 9.59 Å². The van der Waals surface area contributed by atoms with Crippen LogP contribution in [0.4, 0.5) is 5.69 Å². The Morgan fingerprint density at radius 2 is 1.97 bits per heavy atom. The number of hydrogen-bond acceptors (Lipinski definition) is 7. The largest absolute Gasteiger partial charge is 0.354 e. The molecule has 154 valence electrons. The first-order valence-corrected chi connectivity index (χ1v) is 10.4. The molecule has 3 aromatic rings. The summed E-state index contributed by atoms with van der Waals surface area (Å²) >= 11 is 0. The monoisotopic (exact) mass is 427 g/mol. The van der Waals surface area contributed by atoms with Crippen molar-refractivity contribution in [1.29, 1.82) is 0 Å². The van der Waals surface area contributed by atoms with E-state index in [1.165, 1.54) is 29.2 Å². The standard InChI is InChI=1S/C18H17N7O4S/c26-17-11-24(8-7-19-17)30(28,29)16-6-2-4-14(10-16)21-18(27)13-3-1-5-15(9-13)25-12-20-22-23-25/h1-6,9-10,12H,7-8,11H2,(H,19,26)(H,21,27). The molecule has 1 aliphatic heterocycles. The second-order valence-corrected chi connectivity index (χ2v) is 8.41. The van der Waals surface area contributed by atoms with Crippen molar-refractivity contribution in [2.75, 3.05) is 25.0 Å². The van der Waals surface area contributed by atoms with E-state index in [9.17, 15) is 18.0 Å². The zero-order valence-corrected chi connectivity index (χ0v) is 16.4. The minimum absolute atomic E-state index is 0.00237. The molecule has 11 nitrogen and oxygen atoms in total. The van der Waals surface area contributed by atoms with Crippen molar-refractivity contribution in [2.24, 2.45) is 0 Å². The van der Waals surface area contributed by atoms with E-state index >= 15 is 0 Å². The van der Waals surface area contributed by atoms with E-state index in [4.69, 9.17) is 0 Å². The van der Waals surface area contributed by atoms with E-state index < -0.39 is 15.9 Å². The van der Waals surface area contributed by atoms with Gasteiger partial charge in [-0.25, -0.2) is 13.1 Å². The van der Waals surface area contributed by atoms with Crippen LogP contribution in [-0.4, -0.2) is 64.4 Å². The highest BCUT2D eigenvalue weighted by molar-refractivity contribution is 7.89. The smallest absolute Gasteiger partial charge is 0.255 e. The SMILES string of the molecule is O=C1CN(S(=O)(=O)c2cccc(NC(=O)c3cccc(-n4cnnn4)c3)c2)CCN1. The van der Waals surface area contributed by atoms with Crippen LogP contribution in [-0.2, 0) is 14.8 Å². The highest BCUT2D eigenvalue weighted by atomic mass is 32.2. The van der Waals surface area contributed by atoms with Crippen LogP contribution < -0.4 is 10.6 Å². The van der Waals surface area contributed by atoms with Crippen molar-refractivity contribution in [3.63, 3.8) is 0 Å². The number of amides is 2. The summed E-state index contributed by atoms with van der Waals surface area (Å²) in [5, 5.41) is 16.2. The highest BCUT2D eigenvalue weighted by Crippen LogP contribution is 2.21. The number of aromatic nitrogens is 4. The molecule has 2 aromatic carbocycles. The maximum atomic E-state index is 12.8. The normalized spacial score (nSPS) is 14.9. The predicted molar refractivity (Wildman–Crippen MR) is 105 cm³/mol. The zero-order valence-electron chi connectivity index (χ0n) is 15.6. The van der Waals surface area contributed by atoms with Gasteiger partial charge in [0.2, 0.25) is 15.9 Å². The molecule has 0 bridgehead atoms. The van der Waals surface area contributed by atoms with Crippen LogP contribution in [0.5, 0.6) is 0 Å². The predicted octanol–water partition coefficient (Wildman–Crippen LogP) is 0.0351. The second kappa shape index (κ2) is 8.00. The molecule has 2 amide bonds. The maximum absolute atomic E-state index is 12.8. The Morgan fingerprint density at radius 1 is 1.13 bits per heavy atom. The molecule has 1 fully saturated rings. The number of benzene rings is 2. The molecule has 4 rings (SSSR count). The third-order valence-corrected chi connectivity index (χ3v) is 6.30. The number of nitrogens with one attached hydrogen (secondary N) is 2. The van der Waals surface area contributed by atoms with E-state index in [0.717, 1.165) is 4.31 Å². The number of tetrazole rings is 1. The van der Waals surface area contributed by atoms with Gasteiger partial charge in [0.25, 0.3) is 5.91 Å². The average Bonchev–Trinajstić information content (AvgIpc) is 3.29. The Bertz CT molecular complexity index is 1190. The molecule has 1 aliphatic rings. The molecule has 0 unspecified atom stereocenters. The van der Waals surface area contributed by atoms with Crippen LogP contribution >= 0.6 is 0 Å². The first kappa shape index (κ1) is 19.7. The van der Waals surface area contributed by atoms with Gasteiger partial charge in [-0.2, -0.15) is 4.31 Å². The number of piperazine rings is 1. The molecule has 0 aliphatic carbocycles. The zero-order chi connectivity index (χ0) is 21.1. The van der Waals surface area contributed by atoms with Crippen molar-refractivity contribution in [3.05, 3.63) is 60.4 Å². The van der Waals surface area contributed by atoms with Gasteiger partial charge in [0.1, 0.15) is 6.33 Å². The number of anilines is 1. The Hall–Kier alpha value is -3.64. The van der Waals surface area contributed by atoms with E-state index in [-0.39, 0.29) is 30.4 Å². The molecule has 2 N–H and O–H groups in total. The number of nitrogens with zero attached hydrogens (tertiary/aromatic N) is 5. The molecule has 0 radical (unpaired) electrons. The maximum Gasteiger partial charge on any atom is 0.255 e. The number of rotatable bonds is 5. The van der Waals surface area contributed by atoms with Gasteiger partial charge in [-0.05, 0) is 46.8 Å². The van der Waals surface area contributed by atoms with E-state index in [1.54, 1.807) is 30.3 Å². The van der Waals surface area contributed by atoms with Crippen molar-refractivity contribution < 1.29 is 18.0 Å². The molecular weight excluding hydrogens is 410 g/mol. The summed E-state index contributed by atoms with van der Waals surface area (Å²) in [5.74, 6) is -0.770. The van der Waals surface area contributed by atoms with Crippen LogP contribution in [0, 0.1) is 0 Å². The molecular formula is C18H17N7O4S. The van der Waals surface area contributed by atoms with E-state index in [2.05, 4.69) is 26.2 Å². The summed E-state index contributed by atoms with van der Waals surface area (Å²) in [6, 6.07) is 12.6. The molecule has 0 saturated carbocycles. The first-order chi connectivity index (χ1) is 14.4. The topological polar surface area (TPSA) is 139 Å². The summed E-state index contributed by atoms with van der Waals surface area (Å²) in [4.78, 5) is 24.2. The van der Waals surface area contributed by atoms with Gasteiger partial charge >= 0.3 is 0 Å². The van der Waals surface area contributed by atoms with E-state index in [0.29, 0.717) is 16.9 Å². The first-order valence-electron chi connectivity index (χ1n) is 8.95. The van der Waals surface area contributed by atoms with Crippen LogP contribution in [0.15, 0.2) is 59.8 Å². The summed E-state index contributed by atoms with van der Waals surface area (Å²) < 4.78 is 28.2. The number of hydrogen-bond donors (Lipinski definition) is 2. The molecule has 2 heterocycles. The van der Waals surface area contributed by atoms with Gasteiger partial charge in [0.05, 0.1) is 17.1 Å². The van der Waals surface area contributed by atoms with Crippen molar-refractivity contribution in [2.45, 2.75) is 4.90 Å². The minimum atomic E-state index is -3.86. The van der Waals surface area contributed by atoms with Crippen molar-refractivity contribution in [1.82, 2.24) is 29.8 Å². The number of carbonyl (C=O) groups is 2. The molecule has 30 heavy (non-hydrogen) atoms. The lowest BCUT2D eigenvalue weighted by Gasteiger charge is -2.26.